The number of aliphatic imine (C=N–C) groups is 1. The van der Waals surface area contributed by atoms with Gasteiger partial charge in [0.25, 0.3) is 0 Å². The van der Waals surface area contributed by atoms with Crippen molar-refractivity contribution in [3.05, 3.63) is 72.2 Å². The highest BCUT2D eigenvalue weighted by molar-refractivity contribution is 5.80. The van der Waals surface area contributed by atoms with Crippen molar-refractivity contribution in [2.45, 2.75) is 45.7 Å². The van der Waals surface area contributed by atoms with Crippen LogP contribution in [0.3, 0.4) is 0 Å². The number of aryl methyl sites for hydroxylation is 1. The molecule has 0 unspecified atom stereocenters. The summed E-state index contributed by atoms with van der Waals surface area (Å²) in [6.45, 7) is 6.30. The van der Waals surface area contributed by atoms with Crippen molar-refractivity contribution in [1.29, 1.82) is 0 Å². The molecule has 0 atom stereocenters. The van der Waals surface area contributed by atoms with Crippen LogP contribution in [0.25, 0.3) is 0 Å². The minimum absolute atomic E-state index is 0.548. The summed E-state index contributed by atoms with van der Waals surface area (Å²) in [5.74, 6) is 3.58. The Balaban J connectivity index is 1.34. The molecule has 3 heterocycles. The van der Waals surface area contributed by atoms with Crippen LogP contribution in [0, 0.1) is 5.92 Å². The first-order valence-corrected chi connectivity index (χ1v) is 11.3. The molecule has 3 aromatic rings. The Bertz CT molecular complexity index is 926. The lowest BCUT2D eigenvalue weighted by Crippen LogP contribution is -2.46. The number of rotatable bonds is 8. The van der Waals surface area contributed by atoms with Crippen LogP contribution in [-0.4, -0.2) is 45.3 Å². The first-order chi connectivity index (χ1) is 15.3. The molecule has 0 radical (unpaired) electrons. The molecular formula is C24H32N6O. The van der Waals surface area contributed by atoms with Crippen LogP contribution in [0.2, 0.25) is 0 Å². The van der Waals surface area contributed by atoms with Crippen molar-refractivity contribution in [2.75, 3.05) is 19.6 Å². The number of guanidine groups is 1. The van der Waals surface area contributed by atoms with E-state index in [0.29, 0.717) is 6.54 Å². The second-order valence-electron chi connectivity index (χ2n) is 8.06. The predicted octanol–water partition coefficient (Wildman–Crippen LogP) is 3.53. The van der Waals surface area contributed by atoms with Crippen molar-refractivity contribution >= 4 is 5.96 Å². The minimum Gasteiger partial charge on any atom is -0.467 e. The molecule has 2 aromatic heterocycles. The molecular weight excluding hydrogens is 388 g/mol. The number of piperidine rings is 1. The molecule has 7 heteroatoms. The highest BCUT2D eigenvalue weighted by atomic mass is 16.3. The molecule has 1 N–H and O–H groups in total. The average Bonchev–Trinajstić information content (AvgIpc) is 3.49. The third-order valence-corrected chi connectivity index (χ3v) is 5.89. The predicted molar refractivity (Wildman–Crippen MR) is 122 cm³/mol. The molecule has 0 bridgehead atoms. The lowest BCUT2D eigenvalue weighted by molar-refractivity contribution is 0.258. The van der Waals surface area contributed by atoms with E-state index in [1.165, 1.54) is 18.4 Å². The monoisotopic (exact) mass is 420 g/mol. The van der Waals surface area contributed by atoms with E-state index in [1.807, 2.05) is 12.1 Å². The zero-order valence-corrected chi connectivity index (χ0v) is 18.3. The molecule has 7 nitrogen and oxygen atoms in total. The molecule has 1 aromatic carbocycles. The van der Waals surface area contributed by atoms with Crippen molar-refractivity contribution in [3.63, 3.8) is 0 Å². The van der Waals surface area contributed by atoms with Gasteiger partial charge in [-0.05, 0) is 42.9 Å². The zero-order chi connectivity index (χ0) is 21.3. The van der Waals surface area contributed by atoms with E-state index >= 15 is 0 Å². The second-order valence-corrected chi connectivity index (χ2v) is 8.06. The Morgan fingerprint density at radius 1 is 1.16 bits per heavy atom. The van der Waals surface area contributed by atoms with Gasteiger partial charge < -0.3 is 19.2 Å². The summed E-state index contributed by atoms with van der Waals surface area (Å²) in [4.78, 5) is 7.24. The number of nitrogens with zero attached hydrogens (tertiary/aromatic N) is 5. The third-order valence-electron chi connectivity index (χ3n) is 5.89. The van der Waals surface area contributed by atoms with Gasteiger partial charge in [-0.15, -0.1) is 10.2 Å². The van der Waals surface area contributed by atoms with E-state index < -0.39 is 0 Å². The Hall–Kier alpha value is -3.09. The van der Waals surface area contributed by atoms with E-state index in [2.05, 4.69) is 62.2 Å². The minimum atomic E-state index is 0.548. The van der Waals surface area contributed by atoms with Crippen LogP contribution >= 0.6 is 0 Å². The quantitative estimate of drug-likeness (QED) is 0.446. The number of nitrogens with one attached hydrogen (secondary N) is 1. The molecule has 0 aliphatic carbocycles. The lowest BCUT2D eigenvalue weighted by atomic mass is 9.90. The van der Waals surface area contributed by atoms with Crippen LogP contribution in [0.1, 0.15) is 36.9 Å². The fourth-order valence-corrected chi connectivity index (χ4v) is 4.15. The lowest BCUT2D eigenvalue weighted by Gasteiger charge is -2.34. The fourth-order valence-electron chi connectivity index (χ4n) is 4.15. The van der Waals surface area contributed by atoms with Gasteiger partial charge in [-0.2, -0.15) is 0 Å². The summed E-state index contributed by atoms with van der Waals surface area (Å²) in [5.41, 5.74) is 1.44. The van der Waals surface area contributed by atoms with Crippen LogP contribution in [0.15, 0.2) is 64.5 Å². The van der Waals surface area contributed by atoms with Gasteiger partial charge >= 0.3 is 0 Å². The van der Waals surface area contributed by atoms with Gasteiger partial charge in [-0.25, -0.2) is 4.99 Å². The second kappa shape index (κ2) is 10.8. The number of aromatic nitrogens is 3. The summed E-state index contributed by atoms with van der Waals surface area (Å²) in [6, 6.07) is 14.7. The highest BCUT2D eigenvalue weighted by Crippen LogP contribution is 2.22. The van der Waals surface area contributed by atoms with Gasteiger partial charge in [0.1, 0.15) is 24.5 Å². The summed E-state index contributed by atoms with van der Waals surface area (Å²) >= 11 is 0. The van der Waals surface area contributed by atoms with E-state index in [4.69, 9.17) is 9.41 Å². The van der Waals surface area contributed by atoms with E-state index in [0.717, 1.165) is 62.5 Å². The molecule has 4 rings (SSSR count). The van der Waals surface area contributed by atoms with E-state index in [-0.39, 0.29) is 0 Å². The van der Waals surface area contributed by atoms with Crippen LogP contribution < -0.4 is 5.32 Å². The average molecular weight is 421 g/mol. The summed E-state index contributed by atoms with van der Waals surface area (Å²) in [5, 5.41) is 11.8. The highest BCUT2D eigenvalue weighted by Gasteiger charge is 2.22. The largest absolute Gasteiger partial charge is 0.467 e. The van der Waals surface area contributed by atoms with Crippen LogP contribution in [0.4, 0.5) is 0 Å². The van der Waals surface area contributed by atoms with Crippen molar-refractivity contribution in [2.24, 2.45) is 10.9 Å². The summed E-state index contributed by atoms with van der Waals surface area (Å²) < 4.78 is 7.57. The van der Waals surface area contributed by atoms with Gasteiger partial charge in [-0.3, -0.25) is 0 Å². The fraction of sp³-hybridized carbons (Fsp3) is 0.458. The molecule has 1 aliphatic heterocycles. The maximum atomic E-state index is 5.47. The van der Waals surface area contributed by atoms with Gasteiger partial charge in [0.05, 0.1) is 6.26 Å². The van der Waals surface area contributed by atoms with Gasteiger partial charge in [0.2, 0.25) is 0 Å². The molecule has 0 spiro atoms. The zero-order valence-electron chi connectivity index (χ0n) is 18.3. The van der Waals surface area contributed by atoms with E-state index in [9.17, 15) is 0 Å². The Labute approximate surface area is 184 Å². The summed E-state index contributed by atoms with van der Waals surface area (Å²) in [6.07, 6.45) is 7.91. The molecule has 1 aliphatic rings. The standard InChI is InChI=1S/C24H32N6O/c1-2-23-28-27-19-30(23)15-12-25-24(26-18-22-9-6-16-31-22)29-13-10-21(11-14-29)17-20-7-4-3-5-8-20/h3-9,16,19,21H,2,10-15,17-18H2,1H3,(H,25,26). The molecule has 0 saturated carbocycles. The van der Waals surface area contributed by atoms with Crippen LogP contribution in [0.5, 0.6) is 0 Å². The maximum Gasteiger partial charge on any atom is 0.194 e. The molecule has 0 amide bonds. The number of likely N-dealkylation sites (tertiary alicyclic amines) is 1. The molecule has 164 valence electrons. The topological polar surface area (TPSA) is 71.5 Å². The third kappa shape index (κ3) is 5.96. The van der Waals surface area contributed by atoms with Gasteiger partial charge in [-0.1, -0.05) is 37.3 Å². The Kier molecular flexibility index (Phi) is 7.37. The molecule has 1 fully saturated rings. The van der Waals surface area contributed by atoms with Crippen molar-refractivity contribution < 1.29 is 4.42 Å². The number of furan rings is 1. The number of hydrogen-bond donors (Lipinski definition) is 1. The maximum absolute atomic E-state index is 5.47. The smallest absolute Gasteiger partial charge is 0.194 e. The first kappa shape index (κ1) is 21.2. The van der Waals surface area contributed by atoms with Crippen LogP contribution in [-0.2, 0) is 25.9 Å². The normalized spacial score (nSPS) is 15.4. The van der Waals surface area contributed by atoms with E-state index in [1.54, 1.807) is 12.6 Å². The summed E-state index contributed by atoms with van der Waals surface area (Å²) in [7, 11) is 0. The first-order valence-electron chi connectivity index (χ1n) is 11.3. The molecule has 31 heavy (non-hydrogen) atoms. The Morgan fingerprint density at radius 2 is 2.00 bits per heavy atom. The van der Waals surface area contributed by atoms with Gasteiger partial charge in [0.15, 0.2) is 5.96 Å². The SMILES string of the molecule is CCc1nncn1CCNC(=NCc1ccco1)N1CCC(Cc2ccccc2)CC1. The number of hydrogen-bond acceptors (Lipinski definition) is 4. The Morgan fingerprint density at radius 3 is 2.74 bits per heavy atom. The van der Waals surface area contributed by atoms with Gasteiger partial charge in [0, 0.05) is 32.6 Å². The number of benzene rings is 1. The van der Waals surface area contributed by atoms with Crippen molar-refractivity contribution in [3.8, 4) is 0 Å². The van der Waals surface area contributed by atoms with Crippen molar-refractivity contribution in [1.82, 2.24) is 25.0 Å². The molecule has 1 saturated heterocycles.